The topological polar surface area (TPSA) is 276 Å². The van der Waals surface area contributed by atoms with Crippen molar-refractivity contribution in [1.29, 1.82) is 0 Å². The maximum Gasteiger partial charge on any atom is 0.328 e. The Labute approximate surface area is 310 Å². The van der Waals surface area contributed by atoms with Crippen LogP contribution in [0.5, 0.6) is 0 Å². The van der Waals surface area contributed by atoms with Gasteiger partial charge in [0.25, 0.3) is 11.5 Å². The Morgan fingerprint density at radius 1 is 0.778 bits per heavy atom. The van der Waals surface area contributed by atoms with Crippen molar-refractivity contribution in [1.82, 2.24) is 25.9 Å². The van der Waals surface area contributed by atoms with Gasteiger partial charge in [0.1, 0.15) is 23.9 Å². The number of carbonyl (C=O) groups is 7. The molecule has 2 heterocycles. The number of aryl methyl sites for hydroxylation is 1. The van der Waals surface area contributed by atoms with Crippen LogP contribution in [0.4, 0.5) is 11.8 Å². The number of rotatable bonds is 19. The predicted molar refractivity (Wildman–Crippen MR) is 191 cm³/mol. The van der Waals surface area contributed by atoms with E-state index in [1.807, 2.05) is 0 Å². The highest BCUT2D eigenvalue weighted by molar-refractivity contribution is 5.97. The molecule has 1 aromatic carbocycles. The van der Waals surface area contributed by atoms with Gasteiger partial charge >= 0.3 is 23.9 Å². The molecule has 0 saturated carbocycles. The monoisotopic (exact) mass is 760 g/mol. The van der Waals surface area contributed by atoms with Crippen molar-refractivity contribution < 1.29 is 52.5 Å². The van der Waals surface area contributed by atoms with E-state index in [0.717, 1.165) is 33.3 Å². The molecule has 4 atom stereocenters. The predicted octanol–water partition coefficient (Wildman–Crippen LogP) is -0.330. The minimum Gasteiger partial charge on any atom is -0.469 e. The molecule has 2 aromatic rings. The first-order valence-electron chi connectivity index (χ1n) is 17.2. The third-order valence-electron chi connectivity index (χ3n) is 8.76. The number of fused-ring (bicyclic) bond motifs is 1. The maximum atomic E-state index is 13.1. The summed E-state index contributed by atoms with van der Waals surface area (Å²) in [4.78, 5) is 106. The minimum absolute atomic E-state index is 0.0583. The third-order valence-corrected chi connectivity index (χ3v) is 8.76. The largest absolute Gasteiger partial charge is 0.469 e. The normalized spacial score (nSPS) is 14.8. The molecule has 0 radical (unpaired) electrons. The number of aromatic nitrogens is 2. The Bertz CT molecular complexity index is 1730. The van der Waals surface area contributed by atoms with E-state index in [2.05, 4.69) is 40.7 Å². The molecule has 1 aromatic heterocycles. The molecule has 0 bridgehead atoms. The second kappa shape index (κ2) is 20.9. The summed E-state index contributed by atoms with van der Waals surface area (Å²) in [7, 11) is 4.54. The lowest BCUT2D eigenvalue weighted by atomic mass is 9.91. The first-order chi connectivity index (χ1) is 25.8. The molecule has 0 aliphatic carbocycles. The fourth-order valence-electron chi connectivity index (χ4n) is 5.71. The van der Waals surface area contributed by atoms with Crippen LogP contribution in [0, 0.1) is 5.92 Å². The van der Waals surface area contributed by atoms with Gasteiger partial charge in [-0.3, -0.25) is 29.0 Å². The number of carbonyl (C=O) groups excluding carboxylic acids is 7. The SMILES string of the molecule is COC(=O)CC[C@H]([15NH]C(=O)CC[C@H]([15NH]C(=O)CC[C@H]([15NH]C(=O)c1ccc(CCC2CNc3nc(N)[nH]c(=O)c3C2)cc1)C(=O)OC)C(=O)OC)C(=O)OC. The van der Waals surface area contributed by atoms with E-state index in [-0.39, 0.29) is 61.5 Å². The summed E-state index contributed by atoms with van der Waals surface area (Å²) in [5.41, 5.74) is 7.16. The smallest absolute Gasteiger partial charge is 0.328 e. The first-order valence-corrected chi connectivity index (χ1v) is 17.2. The average Bonchev–Trinajstić information content (AvgIpc) is 3.17. The van der Waals surface area contributed by atoms with E-state index < -0.39 is 59.7 Å². The molecule has 19 nitrogen and oxygen atoms in total. The van der Waals surface area contributed by atoms with Crippen LogP contribution in [0.2, 0.25) is 0 Å². The van der Waals surface area contributed by atoms with Crippen LogP contribution >= 0.6 is 0 Å². The molecule has 0 spiro atoms. The van der Waals surface area contributed by atoms with Crippen molar-refractivity contribution in [3.63, 3.8) is 0 Å². The fourth-order valence-corrected chi connectivity index (χ4v) is 5.71. The zero-order chi connectivity index (χ0) is 39.8. The Hall–Kier alpha value is -6.01. The Kier molecular flexibility index (Phi) is 16.4. The zero-order valence-electron chi connectivity index (χ0n) is 30.6. The molecule has 1 aliphatic rings. The maximum absolute atomic E-state index is 13.1. The van der Waals surface area contributed by atoms with E-state index in [4.69, 9.17) is 15.2 Å². The number of H-pyrrole nitrogens is 1. The molecule has 0 fully saturated rings. The molecule has 1 unspecified atom stereocenters. The van der Waals surface area contributed by atoms with Crippen molar-refractivity contribution in [3.05, 3.63) is 51.3 Å². The number of methoxy groups -OCH3 is 4. The number of amides is 3. The number of ether oxygens (including phenoxy) is 4. The number of aromatic amines is 1. The fraction of sp³-hybridized carbons (Fsp3) is 0.514. The second-order valence-corrected chi connectivity index (χ2v) is 12.5. The van der Waals surface area contributed by atoms with Crippen molar-refractivity contribution in [2.24, 2.45) is 5.92 Å². The lowest BCUT2D eigenvalue weighted by molar-refractivity contribution is -0.147. The van der Waals surface area contributed by atoms with Gasteiger partial charge in [-0.1, -0.05) is 12.1 Å². The van der Waals surface area contributed by atoms with E-state index >= 15 is 0 Å². The van der Waals surface area contributed by atoms with Gasteiger partial charge in [-0.15, -0.1) is 0 Å². The van der Waals surface area contributed by atoms with Crippen LogP contribution in [0.25, 0.3) is 0 Å². The Balaban J connectivity index is 1.51. The number of esters is 4. The summed E-state index contributed by atoms with van der Waals surface area (Å²) >= 11 is 0. The van der Waals surface area contributed by atoms with Crippen molar-refractivity contribution in [2.75, 3.05) is 46.0 Å². The highest BCUT2D eigenvalue weighted by atomic mass is 16.5. The van der Waals surface area contributed by atoms with Gasteiger partial charge in [0.15, 0.2) is 0 Å². The third kappa shape index (κ3) is 12.9. The van der Waals surface area contributed by atoms with E-state index in [0.29, 0.717) is 30.8 Å². The van der Waals surface area contributed by atoms with Gasteiger partial charge in [0, 0.05) is 31.4 Å². The second-order valence-electron chi connectivity index (χ2n) is 12.5. The number of hydrogen-bond donors (Lipinski definition) is 6. The lowest BCUT2D eigenvalue weighted by Crippen LogP contribution is -2.45. The van der Waals surface area contributed by atoms with Crippen LogP contribution in [-0.2, 0) is 60.6 Å². The highest BCUT2D eigenvalue weighted by Crippen LogP contribution is 2.23. The quantitative estimate of drug-likeness (QED) is 0.0608. The average molecular weight is 761 g/mol. The molecule has 3 rings (SSSR count). The standard InChI is InChI=1S/C35H47N7O12/c1-51-28(45)16-13-24(33(49)53-3)39-26(43)14-11-23(32(48)52-2)38-27(44)15-12-25(34(50)54-4)40-30(46)21-9-7-19(8-10-21)5-6-20-17-22-29(37-18-20)41-35(36)42-31(22)47/h7-10,20,23-25H,5-6,11-18H2,1-4H3,(H,38,44)(H,39,43)(H,40,46)(H4,36,37,41,42,47)/t20?,23-,24-,25-/m0/s1/i38+1,39+1,40+1. The van der Waals surface area contributed by atoms with Crippen molar-refractivity contribution in [2.45, 2.75) is 75.9 Å². The van der Waals surface area contributed by atoms with Crippen molar-refractivity contribution in [3.8, 4) is 0 Å². The van der Waals surface area contributed by atoms with Gasteiger partial charge in [0.2, 0.25) is 17.8 Å². The molecule has 19 heteroatoms. The van der Waals surface area contributed by atoms with Gasteiger partial charge in [-0.2, -0.15) is 4.98 Å². The molecular formula is C35H47N7O12. The summed E-state index contributed by atoms with van der Waals surface area (Å²) in [5, 5.41) is 10.6. The van der Waals surface area contributed by atoms with E-state index in [1.54, 1.807) is 24.3 Å². The summed E-state index contributed by atoms with van der Waals surface area (Å²) in [5.74, 6) is -4.17. The van der Waals surface area contributed by atoms with Crippen molar-refractivity contribution >= 4 is 53.4 Å². The molecule has 3 amide bonds. The minimum atomic E-state index is -1.26. The molecule has 294 valence electrons. The number of anilines is 2. The number of nitrogens with one attached hydrogen (secondary N) is 5. The van der Waals surface area contributed by atoms with Gasteiger partial charge in [-0.05, 0) is 62.1 Å². The summed E-state index contributed by atoms with van der Waals surface area (Å²) in [6.45, 7) is 0.635. The van der Waals surface area contributed by atoms with Crippen LogP contribution in [-0.4, -0.2) is 105 Å². The van der Waals surface area contributed by atoms with Crippen LogP contribution in [0.15, 0.2) is 29.1 Å². The lowest BCUT2D eigenvalue weighted by Gasteiger charge is -2.24. The number of nitrogens with two attached hydrogens (primary N) is 1. The number of nitrogens with zero attached hydrogens (tertiary/aromatic N) is 1. The zero-order valence-corrected chi connectivity index (χ0v) is 30.6. The van der Waals surface area contributed by atoms with Gasteiger partial charge in [0.05, 0.1) is 34.0 Å². The Morgan fingerprint density at radius 2 is 1.30 bits per heavy atom. The molecule has 7 N–H and O–H groups in total. The van der Waals surface area contributed by atoms with E-state index in [9.17, 15) is 38.4 Å². The number of benzene rings is 1. The van der Waals surface area contributed by atoms with Gasteiger partial charge in [-0.25, -0.2) is 14.4 Å². The van der Waals surface area contributed by atoms with Crippen LogP contribution in [0.1, 0.15) is 66.4 Å². The van der Waals surface area contributed by atoms with Gasteiger partial charge < -0.3 is 45.9 Å². The highest BCUT2D eigenvalue weighted by Gasteiger charge is 2.28. The summed E-state index contributed by atoms with van der Waals surface area (Å²) in [6.07, 6.45) is 0.756. The molecule has 1 aliphatic heterocycles. The summed E-state index contributed by atoms with van der Waals surface area (Å²) < 4.78 is 18.8. The summed E-state index contributed by atoms with van der Waals surface area (Å²) in [6, 6.07) is 3.20. The molecule has 0 saturated heterocycles. The van der Waals surface area contributed by atoms with Crippen LogP contribution < -0.4 is 32.6 Å². The Morgan fingerprint density at radius 3 is 1.81 bits per heavy atom. The molecule has 54 heavy (non-hydrogen) atoms. The number of hydrogen-bond acceptors (Lipinski definition) is 15. The molecular weight excluding hydrogens is 713 g/mol. The first kappa shape index (κ1) is 42.4. The number of nitrogen functional groups attached to an aromatic ring is 1. The van der Waals surface area contributed by atoms with Crippen LogP contribution in [0.3, 0.4) is 0 Å². The van der Waals surface area contributed by atoms with E-state index in [1.165, 1.54) is 7.11 Å².